The van der Waals surface area contributed by atoms with Gasteiger partial charge in [-0.15, -0.1) is 0 Å². The number of rotatable bonds is 5. The van der Waals surface area contributed by atoms with E-state index in [-0.39, 0.29) is 5.15 Å². The molecule has 1 unspecified atom stereocenters. The fourth-order valence-corrected chi connectivity index (χ4v) is 2.84. The molecule has 0 fully saturated rings. The Hall–Kier alpha value is -2.31. The second-order valence-corrected chi connectivity index (χ2v) is 8.09. The van der Waals surface area contributed by atoms with Gasteiger partial charge in [0.05, 0.1) is 12.1 Å². The van der Waals surface area contributed by atoms with Crippen molar-refractivity contribution >= 4 is 35.1 Å². The van der Waals surface area contributed by atoms with Crippen LogP contribution in [0, 0.1) is 0 Å². The Morgan fingerprint density at radius 3 is 2.29 bits per heavy atom. The zero-order chi connectivity index (χ0) is 21.1. The highest BCUT2D eigenvalue weighted by Gasteiger charge is 2.39. The van der Waals surface area contributed by atoms with Crippen LogP contribution < -0.4 is 10.1 Å². The minimum absolute atomic E-state index is 0.268. The van der Waals surface area contributed by atoms with Crippen molar-refractivity contribution in [2.75, 3.05) is 7.11 Å². The lowest BCUT2D eigenvalue weighted by molar-refractivity contribution is 0.0441. The van der Waals surface area contributed by atoms with Crippen molar-refractivity contribution in [2.45, 2.75) is 38.8 Å². The van der Waals surface area contributed by atoms with Crippen LogP contribution in [0.3, 0.4) is 0 Å². The van der Waals surface area contributed by atoms with E-state index >= 15 is 0 Å². The molecular formula is C20H22Cl2N2O4. The molecule has 0 aliphatic heterocycles. The summed E-state index contributed by atoms with van der Waals surface area (Å²) < 4.78 is 10.5. The molecule has 150 valence electrons. The number of nitrogens with zero attached hydrogens (tertiary/aromatic N) is 1. The topological polar surface area (TPSA) is 77.5 Å². The van der Waals surface area contributed by atoms with Crippen molar-refractivity contribution in [1.29, 1.82) is 0 Å². The molecule has 28 heavy (non-hydrogen) atoms. The van der Waals surface area contributed by atoms with E-state index < -0.39 is 23.0 Å². The molecule has 1 aromatic carbocycles. The highest BCUT2D eigenvalue weighted by molar-refractivity contribution is 6.32. The Bertz CT molecular complexity index is 879. The summed E-state index contributed by atoms with van der Waals surface area (Å²) in [7, 11) is 1.46. The van der Waals surface area contributed by atoms with Crippen LogP contribution in [0.25, 0.3) is 0 Å². The number of pyridine rings is 1. The molecule has 0 aliphatic carbocycles. The van der Waals surface area contributed by atoms with Gasteiger partial charge in [-0.3, -0.25) is 4.79 Å². The number of benzene rings is 1. The van der Waals surface area contributed by atoms with Gasteiger partial charge in [0.1, 0.15) is 22.0 Å². The molecule has 8 heteroatoms. The molecule has 1 aromatic heterocycles. The Morgan fingerprint density at radius 2 is 1.75 bits per heavy atom. The van der Waals surface area contributed by atoms with Gasteiger partial charge >= 0.3 is 6.09 Å². The number of carbonyl (C=O) groups is 2. The summed E-state index contributed by atoms with van der Waals surface area (Å²) in [6, 6.07) is 7.80. The van der Waals surface area contributed by atoms with Gasteiger partial charge in [0, 0.05) is 17.3 Å². The Kier molecular flexibility index (Phi) is 6.57. The molecule has 0 radical (unpaired) electrons. The van der Waals surface area contributed by atoms with Crippen LogP contribution in [0.15, 0.2) is 36.5 Å². The predicted octanol–water partition coefficient (Wildman–Crippen LogP) is 5.02. The number of hydrogen-bond acceptors (Lipinski definition) is 5. The van der Waals surface area contributed by atoms with E-state index in [0.29, 0.717) is 21.9 Å². The summed E-state index contributed by atoms with van der Waals surface area (Å²) in [6.07, 6.45) is 0.698. The largest absolute Gasteiger partial charge is 0.495 e. The van der Waals surface area contributed by atoms with Gasteiger partial charge in [0.25, 0.3) is 0 Å². The minimum atomic E-state index is -1.46. The first-order valence-corrected chi connectivity index (χ1v) is 9.23. The number of carbonyl (C=O) groups excluding carboxylic acids is 2. The van der Waals surface area contributed by atoms with Crippen molar-refractivity contribution < 1.29 is 19.1 Å². The number of amides is 1. The standard InChI is InChI=1S/C20H22Cl2N2O4/c1-19(2,3)28-18(26)24-20(4,13-7-9-16(22)23-11-13)17(25)12-6-8-14(21)15(10-12)27-5/h6-11H,1-5H3,(H,24,26). The van der Waals surface area contributed by atoms with Crippen molar-refractivity contribution in [2.24, 2.45) is 0 Å². The quantitative estimate of drug-likeness (QED) is 0.538. The number of aromatic nitrogens is 1. The van der Waals surface area contributed by atoms with Crippen LogP contribution >= 0.6 is 23.2 Å². The second-order valence-electron chi connectivity index (χ2n) is 7.30. The van der Waals surface area contributed by atoms with Crippen molar-refractivity contribution in [3.05, 3.63) is 57.8 Å². The second kappa shape index (κ2) is 8.37. The predicted molar refractivity (Wildman–Crippen MR) is 108 cm³/mol. The van der Waals surface area contributed by atoms with E-state index in [4.69, 9.17) is 32.7 Å². The number of alkyl carbamates (subject to hydrolysis) is 1. The maximum Gasteiger partial charge on any atom is 0.408 e. The molecule has 2 aromatic rings. The number of methoxy groups -OCH3 is 1. The summed E-state index contributed by atoms with van der Waals surface area (Å²) in [6.45, 7) is 6.78. The third-order valence-electron chi connectivity index (χ3n) is 3.92. The highest BCUT2D eigenvalue weighted by Crippen LogP contribution is 2.31. The number of Topliss-reactive ketones (excluding diaryl/α,β-unsaturated/α-hetero) is 1. The highest BCUT2D eigenvalue weighted by atomic mass is 35.5. The molecule has 0 spiro atoms. The van der Waals surface area contributed by atoms with E-state index in [1.165, 1.54) is 19.4 Å². The maximum atomic E-state index is 13.4. The molecule has 1 heterocycles. The summed E-state index contributed by atoms with van der Waals surface area (Å²) in [4.78, 5) is 29.9. The van der Waals surface area contributed by atoms with Gasteiger partial charge < -0.3 is 14.8 Å². The van der Waals surface area contributed by atoms with Crippen LogP contribution in [-0.2, 0) is 10.3 Å². The number of ketones is 1. The normalized spacial score (nSPS) is 13.4. The van der Waals surface area contributed by atoms with E-state index in [0.717, 1.165) is 0 Å². The third-order valence-corrected chi connectivity index (χ3v) is 4.46. The molecular weight excluding hydrogens is 403 g/mol. The van der Waals surface area contributed by atoms with Crippen molar-refractivity contribution in [1.82, 2.24) is 10.3 Å². The molecule has 0 bridgehead atoms. The van der Waals surface area contributed by atoms with Gasteiger partial charge in [0.2, 0.25) is 0 Å². The number of halogens is 2. The van der Waals surface area contributed by atoms with Crippen LogP contribution in [0.4, 0.5) is 4.79 Å². The van der Waals surface area contributed by atoms with Gasteiger partial charge in [-0.25, -0.2) is 9.78 Å². The van der Waals surface area contributed by atoms with Crippen LogP contribution in [-0.4, -0.2) is 29.6 Å². The Balaban J connectivity index is 2.49. The average Bonchev–Trinajstić information content (AvgIpc) is 2.60. The zero-order valence-corrected chi connectivity index (χ0v) is 17.8. The van der Waals surface area contributed by atoms with Crippen molar-refractivity contribution in [3.8, 4) is 5.75 Å². The molecule has 6 nitrogen and oxygen atoms in total. The molecule has 1 amide bonds. The summed E-state index contributed by atoms with van der Waals surface area (Å²) >= 11 is 11.9. The molecule has 1 atom stereocenters. The summed E-state index contributed by atoms with van der Waals surface area (Å²) in [5, 5.41) is 3.31. The lowest BCUT2D eigenvalue weighted by atomic mass is 9.85. The molecule has 0 saturated carbocycles. The molecule has 0 saturated heterocycles. The number of ether oxygens (including phenoxy) is 2. The fourth-order valence-electron chi connectivity index (χ4n) is 2.53. The molecule has 0 aliphatic rings. The Labute approximate surface area is 174 Å². The first-order chi connectivity index (χ1) is 13.0. The average molecular weight is 425 g/mol. The summed E-state index contributed by atoms with van der Waals surface area (Å²) in [5.41, 5.74) is -1.44. The molecule has 1 N–H and O–H groups in total. The van der Waals surface area contributed by atoms with E-state index in [1.807, 2.05) is 0 Å². The van der Waals surface area contributed by atoms with Gasteiger partial charge in [0.15, 0.2) is 5.78 Å². The van der Waals surface area contributed by atoms with Gasteiger partial charge in [-0.2, -0.15) is 0 Å². The van der Waals surface area contributed by atoms with Crippen LogP contribution in [0.1, 0.15) is 43.6 Å². The molecule has 2 rings (SSSR count). The Morgan fingerprint density at radius 1 is 1.07 bits per heavy atom. The summed E-state index contributed by atoms with van der Waals surface area (Å²) in [5.74, 6) is -0.0428. The first-order valence-electron chi connectivity index (χ1n) is 8.48. The monoisotopic (exact) mass is 424 g/mol. The lowest BCUT2D eigenvalue weighted by Gasteiger charge is -2.31. The van der Waals surface area contributed by atoms with Gasteiger partial charge in [-0.1, -0.05) is 29.3 Å². The fraction of sp³-hybridized carbons (Fsp3) is 0.350. The maximum absolute atomic E-state index is 13.4. The van der Waals surface area contributed by atoms with E-state index in [2.05, 4.69) is 10.3 Å². The van der Waals surface area contributed by atoms with Crippen LogP contribution in [0.5, 0.6) is 5.75 Å². The smallest absolute Gasteiger partial charge is 0.408 e. The SMILES string of the molecule is COc1cc(C(=O)C(C)(NC(=O)OC(C)(C)C)c2ccc(Cl)nc2)ccc1Cl. The van der Waals surface area contributed by atoms with E-state index in [9.17, 15) is 9.59 Å². The minimum Gasteiger partial charge on any atom is -0.495 e. The first kappa shape index (κ1) is 22.0. The van der Waals surface area contributed by atoms with E-state index in [1.54, 1.807) is 52.0 Å². The van der Waals surface area contributed by atoms with Gasteiger partial charge in [-0.05, 0) is 52.0 Å². The van der Waals surface area contributed by atoms with Crippen LogP contribution in [0.2, 0.25) is 10.2 Å². The third kappa shape index (κ3) is 5.14. The zero-order valence-electron chi connectivity index (χ0n) is 16.3. The van der Waals surface area contributed by atoms with Crippen molar-refractivity contribution in [3.63, 3.8) is 0 Å². The number of nitrogens with one attached hydrogen (secondary N) is 1. The lowest BCUT2D eigenvalue weighted by Crippen LogP contribution is -2.51. The number of hydrogen-bond donors (Lipinski definition) is 1.